The standard InChI is InChI=1S/C21H21N3O4S2/c1-5-6-18(15-7-10-17(11-8-15)29(4,25)26)16-9-12-19-20(13-16)24(21(22)23-19)30(27,28)14(2)3/h1,6-14H,2-4H3,(H2,22,23)/b18-6+. The molecule has 7 nitrogen and oxygen atoms in total. The molecule has 3 aromatic rings. The summed E-state index contributed by atoms with van der Waals surface area (Å²) in [6, 6.07) is 11.4. The van der Waals surface area contributed by atoms with Gasteiger partial charge in [-0.15, -0.1) is 6.42 Å². The van der Waals surface area contributed by atoms with Crippen molar-refractivity contribution >= 4 is 42.4 Å². The number of rotatable bonds is 5. The summed E-state index contributed by atoms with van der Waals surface area (Å²) >= 11 is 0. The van der Waals surface area contributed by atoms with E-state index < -0.39 is 25.1 Å². The minimum absolute atomic E-state index is 0.115. The molecule has 1 aromatic heterocycles. The second-order valence-electron chi connectivity index (χ2n) is 7.05. The number of aromatic nitrogens is 2. The van der Waals surface area contributed by atoms with E-state index in [4.69, 9.17) is 12.2 Å². The van der Waals surface area contributed by atoms with Gasteiger partial charge in [-0.25, -0.2) is 25.8 Å². The van der Waals surface area contributed by atoms with E-state index >= 15 is 0 Å². The Labute approximate surface area is 176 Å². The van der Waals surface area contributed by atoms with Crippen LogP contribution in [-0.4, -0.2) is 37.3 Å². The fourth-order valence-corrected chi connectivity index (χ4v) is 4.79. The molecule has 0 fully saturated rings. The third-order valence-corrected chi connectivity index (χ3v) is 7.83. The topological polar surface area (TPSA) is 112 Å². The van der Waals surface area contributed by atoms with Crippen LogP contribution in [0.25, 0.3) is 16.6 Å². The van der Waals surface area contributed by atoms with E-state index in [0.29, 0.717) is 27.7 Å². The molecule has 0 spiro atoms. The molecule has 0 saturated carbocycles. The number of nitrogens with two attached hydrogens (primary N) is 1. The van der Waals surface area contributed by atoms with Gasteiger partial charge in [-0.1, -0.05) is 24.1 Å². The van der Waals surface area contributed by atoms with E-state index in [0.717, 1.165) is 10.2 Å². The minimum atomic E-state index is -3.73. The Morgan fingerprint density at radius 1 is 1.10 bits per heavy atom. The summed E-state index contributed by atoms with van der Waals surface area (Å²) < 4.78 is 50.0. The molecule has 0 atom stereocenters. The van der Waals surface area contributed by atoms with E-state index in [1.165, 1.54) is 18.2 Å². The predicted molar refractivity (Wildman–Crippen MR) is 119 cm³/mol. The predicted octanol–water partition coefficient (Wildman–Crippen LogP) is 2.67. The fourth-order valence-electron chi connectivity index (χ4n) is 3.02. The molecule has 0 aliphatic rings. The molecule has 156 valence electrons. The fraction of sp³-hybridized carbons (Fsp3) is 0.190. The monoisotopic (exact) mass is 443 g/mol. The Kier molecular flexibility index (Phi) is 5.50. The highest BCUT2D eigenvalue weighted by Gasteiger charge is 2.24. The van der Waals surface area contributed by atoms with Gasteiger partial charge in [0.05, 0.1) is 21.2 Å². The molecule has 0 aliphatic carbocycles. The van der Waals surface area contributed by atoms with E-state index in [9.17, 15) is 16.8 Å². The number of fused-ring (bicyclic) bond motifs is 1. The molecule has 1 heterocycles. The molecule has 30 heavy (non-hydrogen) atoms. The van der Waals surface area contributed by atoms with Crippen molar-refractivity contribution in [2.75, 3.05) is 12.0 Å². The van der Waals surface area contributed by atoms with Crippen molar-refractivity contribution < 1.29 is 16.8 Å². The van der Waals surface area contributed by atoms with Crippen LogP contribution in [0.4, 0.5) is 5.95 Å². The van der Waals surface area contributed by atoms with Gasteiger partial charge in [0.25, 0.3) is 0 Å². The zero-order chi connectivity index (χ0) is 22.3. The zero-order valence-corrected chi connectivity index (χ0v) is 18.3. The SMILES string of the molecule is C#C/C=C(\c1ccc(S(C)(=O)=O)cc1)c1ccc2nc(N)n(S(=O)(=O)C(C)C)c2c1. The van der Waals surface area contributed by atoms with Crippen LogP contribution in [0.2, 0.25) is 0 Å². The van der Waals surface area contributed by atoms with Crippen LogP contribution in [0.15, 0.2) is 53.4 Å². The first kappa shape index (κ1) is 21.6. The van der Waals surface area contributed by atoms with E-state index in [1.807, 2.05) is 0 Å². The number of imidazole rings is 1. The Morgan fingerprint density at radius 3 is 2.23 bits per heavy atom. The van der Waals surface area contributed by atoms with Crippen molar-refractivity contribution in [1.29, 1.82) is 0 Å². The van der Waals surface area contributed by atoms with Crippen LogP contribution in [0, 0.1) is 12.3 Å². The smallest absolute Gasteiger partial charge is 0.244 e. The molecule has 9 heteroatoms. The number of nitrogens with zero attached hydrogens (tertiary/aromatic N) is 2. The van der Waals surface area contributed by atoms with Gasteiger partial charge in [-0.05, 0) is 60.9 Å². The second kappa shape index (κ2) is 7.63. The molecule has 0 bridgehead atoms. The molecule has 0 unspecified atom stereocenters. The molecule has 0 amide bonds. The summed E-state index contributed by atoms with van der Waals surface area (Å²) in [5, 5.41) is -0.690. The molecule has 2 N–H and O–H groups in total. The maximum Gasteiger partial charge on any atom is 0.244 e. The van der Waals surface area contributed by atoms with Crippen molar-refractivity contribution in [3.63, 3.8) is 0 Å². The number of terminal acetylenes is 1. The Bertz CT molecular complexity index is 1410. The number of hydrogen-bond acceptors (Lipinski definition) is 6. The van der Waals surface area contributed by atoms with Crippen LogP contribution in [0.1, 0.15) is 25.0 Å². The number of benzene rings is 2. The zero-order valence-electron chi connectivity index (χ0n) is 16.7. The normalized spacial score (nSPS) is 13.0. The van der Waals surface area contributed by atoms with E-state index in [-0.39, 0.29) is 10.8 Å². The Morgan fingerprint density at radius 2 is 1.70 bits per heavy atom. The summed E-state index contributed by atoms with van der Waals surface area (Å²) in [6.45, 7) is 3.13. The number of anilines is 1. The lowest BCUT2D eigenvalue weighted by Crippen LogP contribution is -2.23. The van der Waals surface area contributed by atoms with Crippen molar-refractivity contribution in [1.82, 2.24) is 8.96 Å². The third kappa shape index (κ3) is 3.84. The first-order chi connectivity index (χ1) is 14.0. The van der Waals surface area contributed by atoms with Crippen LogP contribution >= 0.6 is 0 Å². The van der Waals surface area contributed by atoms with Crippen molar-refractivity contribution in [3.05, 3.63) is 59.7 Å². The molecular formula is C21H21N3O4S2. The quantitative estimate of drug-likeness (QED) is 0.607. The van der Waals surface area contributed by atoms with Crippen LogP contribution < -0.4 is 5.73 Å². The molecule has 0 aliphatic heterocycles. The lowest BCUT2D eigenvalue weighted by atomic mass is 9.97. The molecule has 2 aromatic carbocycles. The number of nitrogen functional groups attached to an aromatic ring is 1. The largest absolute Gasteiger partial charge is 0.368 e. The number of hydrogen-bond donors (Lipinski definition) is 1. The summed E-state index contributed by atoms with van der Waals surface area (Å²) in [7, 11) is -7.06. The average Bonchev–Trinajstić information content (AvgIpc) is 3.01. The average molecular weight is 444 g/mol. The summed E-state index contributed by atoms with van der Waals surface area (Å²) in [6.07, 6.45) is 8.18. The van der Waals surface area contributed by atoms with Crippen molar-refractivity contribution in [2.45, 2.75) is 24.0 Å². The number of sulfone groups is 1. The van der Waals surface area contributed by atoms with Crippen LogP contribution in [0.5, 0.6) is 0 Å². The van der Waals surface area contributed by atoms with Gasteiger partial charge in [0, 0.05) is 6.26 Å². The van der Waals surface area contributed by atoms with Gasteiger partial charge >= 0.3 is 0 Å². The van der Waals surface area contributed by atoms with Gasteiger partial charge in [-0.2, -0.15) is 0 Å². The van der Waals surface area contributed by atoms with Gasteiger partial charge < -0.3 is 5.73 Å². The highest BCUT2D eigenvalue weighted by Crippen LogP contribution is 2.29. The first-order valence-electron chi connectivity index (χ1n) is 8.96. The van der Waals surface area contributed by atoms with Gasteiger partial charge in [0.2, 0.25) is 16.0 Å². The molecular weight excluding hydrogens is 422 g/mol. The van der Waals surface area contributed by atoms with E-state index in [2.05, 4.69) is 10.9 Å². The third-order valence-electron chi connectivity index (χ3n) is 4.62. The maximum absolute atomic E-state index is 12.8. The lowest BCUT2D eigenvalue weighted by Gasteiger charge is -2.12. The maximum atomic E-state index is 12.8. The highest BCUT2D eigenvalue weighted by molar-refractivity contribution is 7.91. The second-order valence-corrected chi connectivity index (χ2v) is 11.4. The van der Waals surface area contributed by atoms with E-state index in [1.54, 1.807) is 44.2 Å². The summed E-state index contributed by atoms with van der Waals surface area (Å²) in [5.41, 5.74) is 8.64. The summed E-state index contributed by atoms with van der Waals surface area (Å²) in [4.78, 5) is 4.35. The van der Waals surface area contributed by atoms with Crippen LogP contribution in [-0.2, 0) is 19.9 Å². The first-order valence-corrected chi connectivity index (χ1v) is 12.4. The van der Waals surface area contributed by atoms with Crippen molar-refractivity contribution in [3.8, 4) is 12.3 Å². The van der Waals surface area contributed by atoms with Gasteiger partial charge in [0.1, 0.15) is 0 Å². The Balaban J connectivity index is 2.21. The molecule has 0 saturated heterocycles. The minimum Gasteiger partial charge on any atom is -0.368 e. The van der Waals surface area contributed by atoms with Gasteiger partial charge in [0.15, 0.2) is 9.84 Å². The number of allylic oxidation sites excluding steroid dienone is 1. The van der Waals surface area contributed by atoms with Crippen molar-refractivity contribution in [2.24, 2.45) is 0 Å². The summed E-state index contributed by atoms with van der Waals surface area (Å²) in [5.74, 6) is 2.37. The Hall–Kier alpha value is -3.09. The van der Waals surface area contributed by atoms with Crippen LogP contribution in [0.3, 0.4) is 0 Å². The highest BCUT2D eigenvalue weighted by atomic mass is 32.2. The molecule has 3 rings (SSSR count). The van der Waals surface area contributed by atoms with Gasteiger partial charge in [-0.3, -0.25) is 0 Å². The lowest BCUT2D eigenvalue weighted by molar-refractivity contribution is 0.580. The molecule has 0 radical (unpaired) electrons.